The van der Waals surface area contributed by atoms with Crippen molar-refractivity contribution >= 4 is 29.2 Å². The Kier molecular flexibility index (Phi) is 6.76. The molecule has 0 saturated carbocycles. The summed E-state index contributed by atoms with van der Waals surface area (Å²) in [4.78, 5) is 36.3. The average Bonchev–Trinajstić information content (AvgIpc) is 2.68. The second-order valence-corrected chi connectivity index (χ2v) is 5.24. The van der Waals surface area contributed by atoms with Crippen molar-refractivity contribution in [2.24, 2.45) is 0 Å². The number of para-hydroxylation sites is 1. The van der Waals surface area contributed by atoms with E-state index in [0.717, 1.165) is 0 Å². The number of rotatable bonds is 6. The van der Waals surface area contributed by atoms with Crippen LogP contribution in [0.1, 0.15) is 17.3 Å². The van der Waals surface area contributed by atoms with E-state index in [1.54, 1.807) is 31.2 Å². The Morgan fingerprint density at radius 2 is 1.56 bits per heavy atom. The third kappa shape index (κ3) is 4.97. The summed E-state index contributed by atoms with van der Waals surface area (Å²) in [6, 6.07) is 11.0. The Hall–Kier alpha value is -3.55. The van der Waals surface area contributed by atoms with Gasteiger partial charge in [-0.3, -0.25) is 9.59 Å². The van der Waals surface area contributed by atoms with Crippen molar-refractivity contribution in [3.8, 4) is 11.5 Å². The molecule has 0 atom stereocenters. The predicted octanol–water partition coefficient (Wildman–Crippen LogP) is 2.46. The monoisotopic (exact) mass is 372 g/mol. The highest BCUT2D eigenvalue weighted by Gasteiger charge is 2.19. The van der Waals surface area contributed by atoms with Gasteiger partial charge in [0.15, 0.2) is 11.5 Å². The summed E-state index contributed by atoms with van der Waals surface area (Å²) >= 11 is 0. The zero-order chi connectivity index (χ0) is 19.8. The van der Waals surface area contributed by atoms with Crippen molar-refractivity contribution in [1.29, 1.82) is 0 Å². The van der Waals surface area contributed by atoms with Gasteiger partial charge in [0.2, 0.25) is 0 Å². The maximum atomic E-state index is 12.2. The molecule has 2 aromatic rings. The highest BCUT2D eigenvalue weighted by atomic mass is 16.5. The van der Waals surface area contributed by atoms with Gasteiger partial charge in [0, 0.05) is 11.8 Å². The van der Waals surface area contributed by atoms with Gasteiger partial charge in [0.25, 0.3) is 0 Å². The van der Waals surface area contributed by atoms with Gasteiger partial charge in [-0.1, -0.05) is 12.1 Å². The second kappa shape index (κ2) is 9.23. The maximum absolute atomic E-state index is 12.2. The van der Waals surface area contributed by atoms with Gasteiger partial charge in [-0.2, -0.15) is 0 Å². The Morgan fingerprint density at radius 3 is 2.22 bits per heavy atom. The van der Waals surface area contributed by atoms with E-state index in [2.05, 4.69) is 10.6 Å². The van der Waals surface area contributed by atoms with E-state index in [-0.39, 0.29) is 17.9 Å². The molecule has 8 heteroatoms. The number of esters is 1. The third-order valence-corrected chi connectivity index (χ3v) is 3.52. The van der Waals surface area contributed by atoms with Gasteiger partial charge in [-0.05, 0) is 31.2 Å². The molecule has 0 aliphatic heterocycles. The molecule has 0 radical (unpaired) electrons. The van der Waals surface area contributed by atoms with Crippen molar-refractivity contribution in [3.05, 3.63) is 48.0 Å². The lowest BCUT2D eigenvalue weighted by Crippen LogP contribution is -2.29. The maximum Gasteiger partial charge on any atom is 0.340 e. The number of hydrogen-bond acceptors (Lipinski definition) is 6. The molecule has 0 bridgehead atoms. The van der Waals surface area contributed by atoms with E-state index in [0.29, 0.717) is 17.2 Å². The van der Waals surface area contributed by atoms with Crippen LogP contribution >= 0.6 is 0 Å². The highest BCUT2D eigenvalue weighted by molar-refractivity contribution is 6.44. The second-order valence-electron chi connectivity index (χ2n) is 5.24. The molecule has 0 aliphatic rings. The number of anilines is 2. The third-order valence-electron chi connectivity index (χ3n) is 3.52. The Bertz CT molecular complexity index is 850. The SMILES string of the molecule is CCOC(=O)c1ccccc1NC(=O)C(=O)Nc1ccc(OC)c(OC)c1. The number of amides is 2. The van der Waals surface area contributed by atoms with Crippen molar-refractivity contribution in [2.45, 2.75) is 6.92 Å². The van der Waals surface area contributed by atoms with Crippen LogP contribution in [0.15, 0.2) is 42.5 Å². The first-order valence-electron chi connectivity index (χ1n) is 8.10. The molecular weight excluding hydrogens is 352 g/mol. The van der Waals surface area contributed by atoms with Gasteiger partial charge in [0.1, 0.15) is 0 Å². The van der Waals surface area contributed by atoms with Crippen LogP contribution in [0.25, 0.3) is 0 Å². The minimum Gasteiger partial charge on any atom is -0.493 e. The predicted molar refractivity (Wildman–Crippen MR) is 99.2 cm³/mol. The van der Waals surface area contributed by atoms with Gasteiger partial charge < -0.3 is 24.8 Å². The van der Waals surface area contributed by atoms with E-state index in [9.17, 15) is 14.4 Å². The molecule has 8 nitrogen and oxygen atoms in total. The van der Waals surface area contributed by atoms with Crippen molar-refractivity contribution in [3.63, 3.8) is 0 Å². The molecule has 2 N–H and O–H groups in total. The molecule has 0 saturated heterocycles. The Morgan fingerprint density at radius 1 is 0.889 bits per heavy atom. The summed E-state index contributed by atoms with van der Waals surface area (Å²) in [6.07, 6.45) is 0. The number of benzene rings is 2. The molecule has 142 valence electrons. The molecule has 2 rings (SSSR count). The van der Waals surface area contributed by atoms with Gasteiger partial charge in [-0.15, -0.1) is 0 Å². The first kappa shape index (κ1) is 19.8. The van der Waals surface area contributed by atoms with E-state index in [1.165, 1.54) is 32.4 Å². The van der Waals surface area contributed by atoms with E-state index < -0.39 is 17.8 Å². The molecule has 2 aromatic carbocycles. The van der Waals surface area contributed by atoms with Crippen LogP contribution in [-0.2, 0) is 14.3 Å². The summed E-state index contributed by atoms with van der Waals surface area (Å²) < 4.78 is 15.2. The van der Waals surface area contributed by atoms with Crippen LogP contribution in [0.3, 0.4) is 0 Å². The van der Waals surface area contributed by atoms with Gasteiger partial charge in [-0.25, -0.2) is 4.79 Å². The molecule has 0 heterocycles. The fourth-order valence-corrected chi connectivity index (χ4v) is 2.26. The van der Waals surface area contributed by atoms with Crippen LogP contribution in [0, 0.1) is 0 Å². The highest BCUT2D eigenvalue weighted by Crippen LogP contribution is 2.29. The fraction of sp³-hybridized carbons (Fsp3) is 0.211. The topological polar surface area (TPSA) is 103 Å². The molecule has 2 amide bonds. The Balaban J connectivity index is 2.11. The van der Waals surface area contributed by atoms with E-state index in [1.807, 2.05) is 0 Å². The zero-order valence-corrected chi connectivity index (χ0v) is 15.2. The van der Waals surface area contributed by atoms with E-state index in [4.69, 9.17) is 14.2 Å². The van der Waals surface area contributed by atoms with Crippen LogP contribution in [-0.4, -0.2) is 38.6 Å². The number of nitrogens with one attached hydrogen (secondary N) is 2. The zero-order valence-electron chi connectivity index (χ0n) is 15.2. The molecule has 27 heavy (non-hydrogen) atoms. The number of carbonyl (C=O) groups is 3. The van der Waals surface area contributed by atoms with E-state index >= 15 is 0 Å². The standard InChI is InChI=1S/C19H20N2O6/c1-4-27-19(24)13-7-5-6-8-14(13)21-18(23)17(22)20-12-9-10-15(25-2)16(11-12)26-3/h5-11H,4H2,1-3H3,(H,20,22)(H,21,23). The number of carbonyl (C=O) groups excluding carboxylic acids is 3. The van der Waals surface area contributed by atoms with Gasteiger partial charge in [0.05, 0.1) is 32.1 Å². The lowest BCUT2D eigenvalue weighted by molar-refractivity contribution is -0.133. The molecule has 0 aliphatic carbocycles. The summed E-state index contributed by atoms with van der Waals surface area (Å²) in [7, 11) is 2.95. The molecule has 0 fully saturated rings. The van der Waals surface area contributed by atoms with Crippen molar-refractivity contribution in [2.75, 3.05) is 31.5 Å². The number of ether oxygens (including phenoxy) is 3. The fourth-order valence-electron chi connectivity index (χ4n) is 2.26. The first-order chi connectivity index (χ1) is 13.0. The lowest BCUT2D eigenvalue weighted by Gasteiger charge is -2.12. The summed E-state index contributed by atoms with van der Waals surface area (Å²) in [5, 5.41) is 4.87. The first-order valence-corrected chi connectivity index (χ1v) is 8.10. The van der Waals surface area contributed by atoms with Crippen LogP contribution < -0.4 is 20.1 Å². The lowest BCUT2D eigenvalue weighted by atomic mass is 10.2. The number of methoxy groups -OCH3 is 2. The largest absolute Gasteiger partial charge is 0.493 e. The van der Waals surface area contributed by atoms with Crippen LogP contribution in [0.4, 0.5) is 11.4 Å². The normalized spacial score (nSPS) is 9.89. The van der Waals surface area contributed by atoms with Crippen molar-refractivity contribution < 1.29 is 28.6 Å². The van der Waals surface area contributed by atoms with Crippen molar-refractivity contribution in [1.82, 2.24) is 0 Å². The summed E-state index contributed by atoms with van der Waals surface area (Å²) in [5.41, 5.74) is 0.696. The van der Waals surface area contributed by atoms with Crippen LogP contribution in [0.2, 0.25) is 0 Å². The quantitative estimate of drug-likeness (QED) is 0.596. The molecule has 0 aromatic heterocycles. The minimum absolute atomic E-state index is 0.159. The Labute approximate surface area is 156 Å². The molecule has 0 unspecified atom stereocenters. The molecule has 0 spiro atoms. The molecular formula is C19H20N2O6. The smallest absolute Gasteiger partial charge is 0.340 e. The van der Waals surface area contributed by atoms with Gasteiger partial charge >= 0.3 is 17.8 Å². The van der Waals surface area contributed by atoms with Crippen LogP contribution in [0.5, 0.6) is 11.5 Å². The number of hydrogen-bond donors (Lipinski definition) is 2. The summed E-state index contributed by atoms with van der Waals surface area (Å²) in [5.74, 6) is -1.53. The average molecular weight is 372 g/mol. The summed E-state index contributed by atoms with van der Waals surface area (Å²) in [6.45, 7) is 1.87. The minimum atomic E-state index is -0.929.